The van der Waals surface area contributed by atoms with Gasteiger partial charge in [-0.25, -0.2) is 0 Å². The quantitative estimate of drug-likeness (QED) is 0.0341. The zero-order valence-electron chi connectivity index (χ0n) is 42.0. The number of allylic oxidation sites excluding steroid dienone is 6. The Balaban J connectivity index is 4.67. The fraction of sp³-hybridized carbons (Fsp3) is 0.836. The minimum atomic E-state index is -5.31. The number of unbranched alkanes of at least 4 members (excludes halogenated alkanes) is 33. The first-order chi connectivity index (χ1) is 30.9. The zero-order chi connectivity index (χ0) is 46.0. The first-order valence-corrected chi connectivity index (χ1v) is 31.7. The molecule has 0 saturated carbocycles. The van der Waals surface area contributed by atoms with Crippen LogP contribution in [0.25, 0.3) is 0 Å². The van der Waals surface area contributed by atoms with Gasteiger partial charge in [-0.3, -0.25) is 0 Å². The summed E-state index contributed by atoms with van der Waals surface area (Å²) in [6.07, 6.45) is 60.1. The second kappa shape index (κ2) is 49.8. The van der Waals surface area contributed by atoms with Crippen LogP contribution in [-0.4, -0.2) is 45.1 Å². The number of carbonyl (C=O) groups is 3. The molecule has 0 spiro atoms. The van der Waals surface area contributed by atoms with Gasteiger partial charge >= 0.3 is 262 Å². The van der Waals surface area contributed by atoms with Gasteiger partial charge in [0, 0.05) is 0 Å². The van der Waals surface area contributed by atoms with Gasteiger partial charge in [0.2, 0.25) is 0 Å². The van der Waals surface area contributed by atoms with Crippen molar-refractivity contribution in [3.63, 3.8) is 0 Å². The van der Waals surface area contributed by atoms with Crippen LogP contribution in [0.4, 0.5) is 0 Å². The molecule has 0 aliphatic carbocycles. The van der Waals surface area contributed by atoms with Crippen molar-refractivity contribution in [1.29, 1.82) is 0 Å². The summed E-state index contributed by atoms with van der Waals surface area (Å²) in [6, 6.07) is 0. The smallest absolute Gasteiger partial charge is 0.0654 e. The predicted octanol–water partition coefficient (Wildman–Crippen LogP) is 17.8. The summed E-state index contributed by atoms with van der Waals surface area (Å²) < 4.78 is 22.8. The van der Waals surface area contributed by atoms with E-state index in [9.17, 15) is 14.4 Å². The third-order valence-corrected chi connectivity index (χ3v) is 17.4. The molecule has 0 aliphatic rings. The van der Waals surface area contributed by atoms with Crippen molar-refractivity contribution >= 4 is 37.9 Å². The van der Waals surface area contributed by atoms with E-state index >= 15 is 0 Å². The van der Waals surface area contributed by atoms with Gasteiger partial charge in [-0.15, -0.1) is 0 Å². The predicted molar refractivity (Wildman–Crippen MR) is 269 cm³/mol. The summed E-state index contributed by atoms with van der Waals surface area (Å²) in [4.78, 5) is 39.2. The summed E-state index contributed by atoms with van der Waals surface area (Å²) in [6.45, 7) is 6.77. The van der Waals surface area contributed by atoms with Crippen molar-refractivity contribution in [1.82, 2.24) is 0 Å². The minimum absolute atomic E-state index is 0.178. The summed E-state index contributed by atoms with van der Waals surface area (Å²) in [7, 11) is 1.33. The van der Waals surface area contributed by atoms with Crippen LogP contribution in [0.1, 0.15) is 290 Å². The van der Waals surface area contributed by atoms with E-state index in [1.165, 1.54) is 142 Å². The molecule has 0 aromatic rings. The molecule has 0 aromatic carbocycles. The average molecular weight is 994 g/mol. The average Bonchev–Trinajstić information content (AvgIpc) is 3.27. The molecule has 0 amide bonds. The van der Waals surface area contributed by atoms with Crippen LogP contribution in [0, 0.1) is 0 Å². The third-order valence-electron chi connectivity index (χ3n) is 11.9. The SMILES string of the molecule is CCCCCCCC/C=C\CCCCCCCC(=O)[O][Sn]([O]C)([O]C(=O)CCCCCCC/C=C\CCCCCCCC)[O]C(=O)CCCCCCC/C=C\CCCCCCCC. The summed E-state index contributed by atoms with van der Waals surface area (Å²) in [5.74, 6) is -1.56. The molecule has 0 radical (unpaired) electrons. The van der Waals surface area contributed by atoms with Crippen LogP contribution in [-0.2, 0) is 26.7 Å². The number of hydrogen-bond acceptors (Lipinski definition) is 7. The Hall–Kier alpha value is -1.61. The first kappa shape index (κ1) is 61.4. The third kappa shape index (κ3) is 45.3. The molecule has 0 aliphatic heterocycles. The van der Waals surface area contributed by atoms with Crippen LogP contribution in [0.3, 0.4) is 0 Å². The molecule has 368 valence electrons. The fourth-order valence-electron chi connectivity index (χ4n) is 7.78. The maximum atomic E-state index is 13.1. The fourth-order valence-corrected chi connectivity index (χ4v) is 12.1. The molecule has 0 fully saturated rings. The van der Waals surface area contributed by atoms with Crippen molar-refractivity contribution in [2.45, 2.75) is 290 Å². The topological polar surface area (TPSA) is 88.1 Å². The Morgan fingerprint density at radius 2 is 0.492 bits per heavy atom. The maximum absolute atomic E-state index is 13.1. The molecule has 7 nitrogen and oxygen atoms in total. The van der Waals surface area contributed by atoms with Gasteiger partial charge in [0.15, 0.2) is 0 Å². The summed E-state index contributed by atoms with van der Waals surface area (Å²) >= 11 is -5.31. The van der Waals surface area contributed by atoms with Crippen LogP contribution in [0.2, 0.25) is 0 Å². The van der Waals surface area contributed by atoms with Gasteiger partial charge < -0.3 is 0 Å². The van der Waals surface area contributed by atoms with Gasteiger partial charge in [0.25, 0.3) is 0 Å². The van der Waals surface area contributed by atoms with Crippen molar-refractivity contribution in [2.24, 2.45) is 0 Å². The monoisotopic (exact) mass is 995 g/mol. The van der Waals surface area contributed by atoms with E-state index in [-0.39, 0.29) is 19.3 Å². The van der Waals surface area contributed by atoms with Crippen molar-refractivity contribution in [3.05, 3.63) is 36.5 Å². The van der Waals surface area contributed by atoms with Gasteiger partial charge in [-0.05, 0) is 19.3 Å². The second-order valence-corrected chi connectivity index (χ2v) is 23.9. The van der Waals surface area contributed by atoms with Crippen LogP contribution < -0.4 is 0 Å². The van der Waals surface area contributed by atoms with E-state index in [2.05, 4.69) is 57.2 Å². The van der Waals surface area contributed by atoms with E-state index in [0.717, 1.165) is 96.3 Å². The molecule has 0 N–H and O–H groups in total. The number of hydrogen-bond donors (Lipinski definition) is 0. The van der Waals surface area contributed by atoms with E-state index in [0.29, 0.717) is 19.3 Å². The van der Waals surface area contributed by atoms with E-state index in [1.54, 1.807) is 0 Å². The molecular weight excluding hydrogens is 891 g/mol. The Kier molecular flexibility index (Phi) is 48.5. The van der Waals surface area contributed by atoms with Gasteiger partial charge in [-0.1, -0.05) is 117 Å². The van der Waals surface area contributed by atoms with Gasteiger partial charge in [0.05, 0.1) is 0 Å². The molecule has 63 heavy (non-hydrogen) atoms. The van der Waals surface area contributed by atoms with Crippen LogP contribution >= 0.6 is 0 Å². The van der Waals surface area contributed by atoms with Crippen LogP contribution in [0.5, 0.6) is 0 Å². The number of rotatable bonds is 49. The van der Waals surface area contributed by atoms with Crippen LogP contribution in [0.15, 0.2) is 36.5 Å². The van der Waals surface area contributed by atoms with E-state index < -0.39 is 37.9 Å². The molecule has 0 rings (SSSR count). The normalized spacial score (nSPS) is 12.0. The summed E-state index contributed by atoms with van der Waals surface area (Å²) in [5.41, 5.74) is 0. The van der Waals surface area contributed by atoms with Gasteiger partial charge in [-0.2, -0.15) is 0 Å². The minimum Gasteiger partial charge on any atom is -0.0654 e. The van der Waals surface area contributed by atoms with Gasteiger partial charge in [0.1, 0.15) is 0 Å². The zero-order valence-corrected chi connectivity index (χ0v) is 44.9. The molecular formula is C55H102O7Sn. The van der Waals surface area contributed by atoms with Crippen molar-refractivity contribution < 1.29 is 26.7 Å². The Labute approximate surface area is 396 Å². The van der Waals surface area contributed by atoms with Crippen molar-refractivity contribution in [3.8, 4) is 0 Å². The molecule has 0 atom stereocenters. The second-order valence-electron chi connectivity index (χ2n) is 18.1. The molecule has 0 saturated heterocycles. The molecule has 0 unspecified atom stereocenters. The number of carbonyl (C=O) groups excluding carboxylic acids is 3. The van der Waals surface area contributed by atoms with Crippen molar-refractivity contribution in [2.75, 3.05) is 7.11 Å². The Morgan fingerprint density at radius 1 is 0.302 bits per heavy atom. The summed E-state index contributed by atoms with van der Waals surface area (Å²) in [5, 5.41) is 0. The van der Waals surface area contributed by atoms with E-state index in [4.69, 9.17) is 12.3 Å². The molecule has 0 bridgehead atoms. The Bertz CT molecular complexity index is 971. The standard InChI is InChI=1S/3C18H34O2.CH3O.Sn/c3*1-2-3-4-5-6-7-8-9-10-11-12-13-14-15-16-17-18(19)20;1-2;/h3*9-10H,2-8,11-17H2,1H3,(H,19,20);1H3;/q;;;-1;+4/p-3/b3*10-9-;;. The Morgan fingerprint density at radius 3 is 0.698 bits per heavy atom. The molecule has 0 heterocycles. The molecule has 0 aromatic heterocycles. The molecule has 8 heteroatoms. The van der Waals surface area contributed by atoms with E-state index in [1.807, 2.05) is 0 Å². The first-order valence-electron chi connectivity index (χ1n) is 27.1.